The lowest BCUT2D eigenvalue weighted by molar-refractivity contribution is -0.118. The largest absolute Gasteiger partial charge is 0.495 e. The minimum absolute atomic E-state index is 0.222. The number of rotatable bonds is 9. The Bertz CT molecular complexity index is 891. The van der Waals surface area contributed by atoms with E-state index in [1.807, 2.05) is 6.07 Å². The van der Waals surface area contributed by atoms with Crippen LogP contribution in [0.25, 0.3) is 0 Å². The zero-order valence-electron chi connectivity index (χ0n) is 18.0. The Morgan fingerprint density at radius 2 is 1.68 bits per heavy atom. The molecule has 2 aromatic rings. The van der Waals surface area contributed by atoms with Gasteiger partial charge in [-0.05, 0) is 49.1 Å². The Hall–Kier alpha value is -3.22. The molecule has 1 fully saturated rings. The highest BCUT2D eigenvalue weighted by atomic mass is 16.5. The molecule has 7 nitrogen and oxygen atoms in total. The van der Waals surface area contributed by atoms with Gasteiger partial charge in [-0.25, -0.2) is 4.79 Å². The fourth-order valence-corrected chi connectivity index (χ4v) is 3.62. The van der Waals surface area contributed by atoms with Gasteiger partial charge in [-0.15, -0.1) is 0 Å². The molecule has 0 spiro atoms. The van der Waals surface area contributed by atoms with E-state index < -0.39 is 0 Å². The van der Waals surface area contributed by atoms with Crippen LogP contribution in [-0.2, 0) is 9.53 Å². The molecule has 0 radical (unpaired) electrons. The van der Waals surface area contributed by atoms with Crippen molar-refractivity contribution in [2.24, 2.45) is 5.92 Å². The average Bonchev–Trinajstić information content (AvgIpc) is 2.82. The molecule has 0 saturated heterocycles. The minimum Gasteiger partial charge on any atom is -0.495 e. The molecule has 0 aromatic heterocycles. The highest BCUT2D eigenvalue weighted by Crippen LogP contribution is 2.29. The smallest absolute Gasteiger partial charge is 0.338 e. The van der Waals surface area contributed by atoms with Gasteiger partial charge in [-0.1, -0.05) is 31.4 Å². The fourth-order valence-electron chi connectivity index (χ4n) is 3.62. The Balaban J connectivity index is 1.55. The van der Waals surface area contributed by atoms with E-state index >= 15 is 0 Å². The Morgan fingerprint density at radius 3 is 2.42 bits per heavy atom. The van der Waals surface area contributed by atoms with Gasteiger partial charge in [-0.2, -0.15) is 0 Å². The summed E-state index contributed by atoms with van der Waals surface area (Å²) >= 11 is 0. The molecule has 1 amide bonds. The Kier molecular flexibility index (Phi) is 8.15. The van der Waals surface area contributed by atoms with Crippen LogP contribution in [0.1, 0.15) is 42.5 Å². The molecule has 1 aliphatic carbocycles. The van der Waals surface area contributed by atoms with Crippen LogP contribution in [0, 0.1) is 5.92 Å². The lowest BCUT2D eigenvalue weighted by Gasteiger charge is -2.21. The van der Waals surface area contributed by atoms with Crippen molar-refractivity contribution in [2.75, 3.05) is 32.8 Å². The second-order valence-corrected chi connectivity index (χ2v) is 7.51. The van der Waals surface area contributed by atoms with E-state index in [1.54, 1.807) is 36.4 Å². The molecule has 31 heavy (non-hydrogen) atoms. The molecule has 166 valence electrons. The first-order valence-electron chi connectivity index (χ1n) is 10.5. The normalized spacial score (nSPS) is 13.9. The van der Waals surface area contributed by atoms with Gasteiger partial charge in [0.15, 0.2) is 18.1 Å². The van der Waals surface area contributed by atoms with Crippen LogP contribution in [0.5, 0.6) is 17.2 Å². The summed E-state index contributed by atoms with van der Waals surface area (Å²) in [6.07, 6.45) is 5.89. The molecular formula is C24H29NO6. The molecule has 7 heteroatoms. The number of para-hydroxylation sites is 2. The third-order valence-electron chi connectivity index (χ3n) is 5.31. The number of anilines is 1. The third-order valence-corrected chi connectivity index (χ3v) is 5.31. The summed E-state index contributed by atoms with van der Waals surface area (Å²) in [4.78, 5) is 24.7. The summed E-state index contributed by atoms with van der Waals surface area (Å²) in [7, 11) is 3.02. The lowest BCUT2D eigenvalue weighted by atomic mass is 9.90. The number of nitrogens with one attached hydrogen (secondary N) is 1. The van der Waals surface area contributed by atoms with Crippen LogP contribution < -0.4 is 19.5 Å². The third kappa shape index (κ3) is 6.38. The van der Waals surface area contributed by atoms with Gasteiger partial charge >= 0.3 is 5.97 Å². The molecule has 2 aromatic carbocycles. The first-order chi connectivity index (χ1) is 15.1. The van der Waals surface area contributed by atoms with Gasteiger partial charge in [0.05, 0.1) is 32.1 Å². The molecule has 1 N–H and O–H groups in total. The molecule has 0 aliphatic heterocycles. The Labute approximate surface area is 182 Å². The maximum absolute atomic E-state index is 12.4. The Morgan fingerprint density at radius 1 is 0.935 bits per heavy atom. The number of ether oxygens (including phenoxy) is 4. The fraction of sp³-hybridized carbons (Fsp3) is 0.417. The van der Waals surface area contributed by atoms with Crippen LogP contribution >= 0.6 is 0 Å². The minimum atomic E-state index is -0.385. The molecule has 1 saturated carbocycles. The van der Waals surface area contributed by atoms with Crippen LogP contribution in [-0.4, -0.2) is 39.3 Å². The summed E-state index contributed by atoms with van der Waals surface area (Å²) < 4.78 is 21.6. The summed E-state index contributed by atoms with van der Waals surface area (Å²) in [5.74, 6) is 0.999. The number of hydrogen-bond acceptors (Lipinski definition) is 6. The maximum atomic E-state index is 12.4. The summed E-state index contributed by atoms with van der Waals surface area (Å²) in [5, 5.41) is 2.74. The number of amides is 1. The van der Waals surface area contributed by atoms with Crippen LogP contribution in [0.4, 0.5) is 5.69 Å². The van der Waals surface area contributed by atoms with Gasteiger partial charge in [0.1, 0.15) is 5.75 Å². The van der Waals surface area contributed by atoms with Crippen LogP contribution in [0.3, 0.4) is 0 Å². The lowest BCUT2D eigenvalue weighted by Crippen LogP contribution is -2.20. The molecular weight excluding hydrogens is 398 g/mol. The molecule has 0 unspecified atom stereocenters. The summed E-state index contributed by atoms with van der Waals surface area (Å²) in [6, 6.07) is 11.9. The second-order valence-electron chi connectivity index (χ2n) is 7.51. The van der Waals surface area contributed by atoms with Crippen molar-refractivity contribution in [1.82, 2.24) is 0 Å². The molecule has 0 heterocycles. The standard InChI is InChI=1S/C24H29NO6/c1-28-20-11-7-6-10-19(20)25-23(26)16-30-21-13-12-18(14-22(21)29-2)24(27)31-15-17-8-4-3-5-9-17/h6-7,10-14,17H,3-5,8-9,15-16H2,1-2H3,(H,25,26). The van der Waals surface area contributed by atoms with E-state index in [4.69, 9.17) is 18.9 Å². The van der Waals surface area contributed by atoms with E-state index in [-0.39, 0.29) is 18.5 Å². The van der Waals surface area contributed by atoms with E-state index in [0.29, 0.717) is 41.0 Å². The molecule has 0 bridgehead atoms. The predicted octanol–water partition coefficient (Wildman–Crippen LogP) is 4.46. The number of carbonyl (C=O) groups is 2. The second kappa shape index (κ2) is 11.2. The number of benzene rings is 2. The highest BCUT2D eigenvalue weighted by Gasteiger charge is 2.18. The topological polar surface area (TPSA) is 83.1 Å². The van der Waals surface area contributed by atoms with Crippen molar-refractivity contribution >= 4 is 17.6 Å². The number of esters is 1. The van der Waals surface area contributed by atoms with Gasteiger partial charge in [0.25, 0.3) is 5.91 Å². The van der Waals surface area contributed by atoms with Gasteiger partial charge in [0, 0.05) is 0 Å². The van der Waals surface area contributed by atoms with Gasteiger partial charge < -0.3 is 24.3 Å². The van der Waals surface area contributed by atoms with Crippen molar-refractivity contribution in [3.63, 3.8) is 0 Å². The monoisotopic (exact) mass is 427 g/mol. The quantitative estimate of drug-likeness (QED) is 0.595. The SMILES string of the molecule is COc1ccccc1NC(=O)COc1ccc(C(=O)OCC2CCCCC2)cc1OC. The predicted molar refractivity (Wildman–Crippen MR) is 117 cm³/mol. The maximum Gasteiger partial charge on any atom is 0.338 e. The van der Waals surface area contributed by atoms with Crippen molar-refractivity contribution < 1.29 is 28.5 Å². The zero-order chi connectivity index (χ0) is 22.1. The summed E-state index contributed by atoms with van der Waals surface area (Å²) in [6.45, 7) is 0.225. The zero-order valence-corrected chi connectivity index (χ0v) is 18.0. The number of carbonyl (C=O) groups excluding carboxylic acids is 2. The van der Waals surface area contributed by atoms with E-state index in [1.165, 1.54) is 33.5 Å². The van der Waals surface area contributed by atoms with Crippen molar-refractivity contribution in [3.05, 3.63) is 48.0 Å². The van der Waals surface area contributed by atoms with Gasteiger partial charge in [-0.3, -0.25) is 4.79 Å². The number of methoxy groups -OCH3 is 2. The first-order valence-corrected chi connectivity index (χ1v) is 10.5. The molecule has 1 aliphatic rings. The first kappa shape index (κ1) is 22.5. The van der Waals surface area contributed by atoms with Crippen molar-refractivity contribution in [2.45, 2.75) is 32.1 Å². The van der Waals surface area contributed by atoms with Crippen LogP contribution in [0.15, 0.2) is 42.5 Å². The van der Waals surface area contributed by atoms with Crippen molar-refractivity contribution in [1.29, 1.82) is 0 Å². The van der Waals surface area contributed by atoms with E-state index in [0.717, 1.165) is 12.8 Å². The van der Waals surface area contributed by atoms with Crippen molar-refractivity contribution in [3.8, 4) is 17.2 Å². The van der Waals surface area contributed by atoms with E-state index in [2.05, 4.69) is 5.32 Å². The molecule has 0 atom stereocenters. The molecule has 3 rings (SSSR count). The average molecular weight is 427 g/mol. The highest BCUT2D eigenvalue weighted by molar-refractivity contribution is 5.93. The number of hydrogen-bond donors (Lipinski definition) is 1. The van der Waals surface area contributed by atoms with E-state index in [9.17, 15) is 9.59 Å². The summed E-state index contributed by atoms with van der Waals surface area (Å²) in [5.41, 5.74) is 0.945. The van der Waals surface area contributed by atoms with Gasteiger partial charge in [0.2, 0.25) is 0 Å². The van der Waals surface area contributed by atoms with Crippen LogP contribution in [0.2, 0.25) is 0 Å².